The predicted molar refractivity (Wildman–Crippen MR) is 65.5 cm³/mol. The van der Waals surface area contributed by atoms with E-state index >= 15 is 0 Å². The Morgan fingerprint density at radius 2 is 1.76 bits per heavy atom. The lowest BCUT2D eigenvalue weighted by molar-refractivity contribution is 0.0697. The van der Waals surface area contributed by atoms with E-state index in [1.807, 2.05) is 0 Å². The number of carboxylic acids is 1. The average molecular weight is 249 g/mol. The first-order chi connectivity index (χ1) is 8.09. The Labute approximate surface area is 103 Å². The number of aromatic carboxylic acids is 1. The number of phenols is 1. The summed E-state index contributed by atoms with van der Waals surface area (Å²) in [5.41, 5.74) is 1.30. The van der Waals surface area contributed by atoms with Crippen molar-refractivity contribution in [1.29, 1.82) is 0 Å². The molecule has 0 saturated heterocycles. The molecule has 2 aromatic rings. The fraction of sp³-hybridized carbons (Fsp3) is 0. The van der Waals surface area contributed by atoms with Crippen LogP contribution in [0.25, 0.3) is 11.1 Å². The third-order valence-corrected chi connectivity index (χ3v) is 2.71. The molecular formula is C13H9ClO3. The smallest absolute Gasteiger partial charge is 0.336 e. The molecular weight excluding hydrogens is 240 g/mol. The molecule has 0 heterocycles. The lowest BCUT2D eigenvalue weighted by atomic mass is 9.99. The molecule has 17 heavy (non-hydrogen) atoms. The van der Waals surface area contributed by atoms with Gasteiger partial charge in [-0.25, -0.2) is 4.79 Å². The topological polar surface area (TPSA) is 57.5 Å². The van der Waals surface area contributed by atoms with Crippen LogP contribution in [0, 0.1) is 0 Å². The van der Waals surface area contributed by atoms with Gasteiger partial charge in [0.1, 0.15) is 5.75 Å². The maximum absolute atomic E-state index is 11.1. The van der Waals surface area contributed by atoms with Crippen molar-refractivity contribution in [3.63, 3.8) is 0 Å². The SMILES string of the molecule is O=C(O)c1ccccc1-c1ccc(O)cc1Cl. The zero-order valence-corrected chi connectivity index (χ0v) is 9.48. The zero-order valence-electron chi connectivity index (χ0n) is 8.72. The van der Waals surface area contributed by atoms with Crippen LogP contribution in [0.3, 0.4) is 0 Å². The molecule has 0 unspecified atom stereocenters. The van der Waals surface area contributed by atoms with Gasteiger partial charge < -0.3 is 10.2 Å². The molecule has 4 heteroatoms. The maximum Gasteiger partial charge on any atom is 0.336 e. The van der Waals surface area contributed by atoms with Crippen LogP contribution < -0.4 is 0 Å². The van der Waals surface area contributed by atoms with Crippen molar-refractivity contribution in [2.45, 2.75) is 0 Å². The lowest BCUT2D eigenvalue weighted by Crippen LogP contribution is -1.99. The van der Waals surface area contributed by atoms with Crippen LogP contribution in [-0.2, 0) is 0 Å². The van der Waals surface area contributed by atoms with Gasteiger partial charge in [-0.3, -0.25) is 0 Å². The first-order valence-electron chi connectivity index (χ1n) is 4.91. The molecule has 3 nitrogen and oxygen atoms in total. The van der Waals surface area contributed by atoms with Gasteiger partial charge >= 0.3 is 5.97 Å². The Kier molecular flexibility index (Phi) is 3.02. The van der Waals surface area contributed by atoms with Crippen molar-refractivity contribution < 1.29 is 15.0 Å². The molecule has 2 N–H and O–H groups in total. The summed E-state index contributed by atoms with van der Waals surface area (Å²) in [7, 11) is 0. The van der Waals surface area contributed by atoms with Crippen LogP contribution in [-0.4, -0.2) is 16.2 Å². The molecule has 0 aliphatic carbocycles. The van der Waals surface area contributed by atoms with Gasteiger partial charge in [-0.1, -0.05) is 29.8 Å². The highest BCUT2D eigenvalue weighted by Crippen LogP contribution is 2.32. The van der Waals surface area contributed by atoms with Gasteiger partial charge in [0.15, 0.2) is 0 Å². The first-order valence-corrected chi connectivity index (χ1v) is 5.28. The lowest BCUT2D eigenvalue weighted by Gasteiger charge is -2.08. The number of halogens is 1. The quantitative estimate of drug-likeness (QED) is 0.856. The highest BCUT2D eigenvalue weighted by Gasteiger charge is 2.13. The molecule has 2 rings (SSSR count). The van der Waals surface area contributed by atoms with Crippen molar-refractivity contribution in [1.82, 2.24) is 0 Å². The fourth-order valence-corrected chi connectivity index (χ4v) is 1.90. The number of hydrogen-bond donors (Lipinski definition) is 2. The number of rotatable bonds is 2. The molecule has 0 amide bonds. The van der Waals surface area contributed by atoms with E-state index in [9.17, 15) is 9.90 Å². The standard InChI is InChI=1S/C13H9ClO3/c14-12-7-8(15)5-6-10(12)9-3-1-2-4-11(9)13(16)17/h1-7,15H,(H,16,17). The van der Waals surface area contributed by atoms with E-state index < -0.39 is 5.97 Å². The number of carboxylic acid groups (broad SMARTS) is 1. The van der Waals surface area contributed by atoms with Crippen molar-refractivity contribution >= 4 is 17.6 Å². The maximum atomic E-state index is 11.1. The van der Waals surface area contributed by atoms with Crippen molar-refractivity contribution in [3.05, 3.63) is 53.1 Å². The van der Waals surface area contributed by atoms with E-state index in [4.69, 9.17) is 16.7 Å². The van der Waals surface area contributed by atoms with Gasteiger partial charge in [-0.15, -0.1) is 0 Å². The summed E-state index contributed by atoms with van der Waals surface area (Å²) in [6, 6.07) is 11.0. The molecule has 0 bridgehead atoms. The van der Waals surface area contributed by atoms with E-state index in [0.29, 0.717) is 16.1 Å². The molecule has 0 atom stereocenters. The average Bonchev–Trinajstić information content (AvgIpc) is 2.29. The van der Waals surface area contributed by atoms with Gasteiger partial charge in [0, 0.05) is 5.56 Å². The number of benzene rings is 2. The minimum atomic E-state index is -1.01. The molecule has 0 radical (unpaired) electrons. The molecule has 0 saturated carbocycles. The Hall–Kier alpha value is -2.00. The van der Waals surface area contributed by atoms with Gasteiger partial charge in [-0.2, -0.15) is 0 Å². The summed E-state index contributed by atoms with van der Waals surface area (Å²) >= 11 is 5.99. The second-order valence-corrected chi connectivity index (χ2v) is 3.92. The Bertz CT molecular complexity index is 579. The zero-order chi connectivity index (χ0) is 12.4. The molecule has 0 aromatic heterocycles. The summed E-state index contributed by atoms with van der Waals surface area (Å²) in [5.74, 6) is -0.962. The van der Waals surface area contributed by atoms with E-state index in [1.54, 1.807) is 24.3 Å². The molecule has 0 aliphatic rings. The van der Waals surface area contributed by atoms with Crippen LogP contribution >= 0.6 is 11.6 Å². The van der Waals surface area contributed by atoms with Gasteiger partial charge in [0.05, 0.1) is 10.6 Å². The molecule has 0 spiro atoms. The second-order valence-electron chi connectivity index (χ2n) is 3.51. The number of phenolic OH excluding ortho intramolecular Hbond substituents is 1. The van der Waals surface area contributed by atoms with Gasteiger partial charge in [0.2, 0.25) is 0 Å². The number of aromatic hydroxyl groups is 1. The second kappa shape index (κ2) is 4.47. The summed E-state index contributed by atoms with van der Waals surface area (Å²) in [6.45, 7) is 0. The molecule has 0 aliphatic heterocycles. The normalized spacial score (nSPS) is 10.2. The third kappa shape index (κ3) is 2.24. The molecule has 0 fully saturated rings. The molecule has 86 valence electrons. The van der Waals surface area contributed by atoms with E-state index in [1.165, 1.54) is 18.2 Å². The summed E-state index contributed by atoms with van der Waals surface area (Å²) in [4.78, 5) is 11.1. The fourth-order valence-electron chi connectivity index (χ4n) is 1.63. The monoisotopic (exact) mass is 248 g/mol. The minimum Gasteiger partial charge on any atom is -0.508 e. The highest BCUT2D eigenvalue weighted by molar-refractivity contribution is 6.33. The molecule has 2 aromatic carbocycles. The Balaban J connectivity index is 2.64. The van der Waals surface area contributed by atoms with Crippen LogP contribution in [0.4, 0.5) is 0 Å². The largest absolute Gasteiger partial charge is 0.508 e. The van der Waals surface area contributed by atoms with Gasteiger partial charge in [0.25, 0.3) is 0 Å². The van der Waals surface area contributed by atoms with Crippen molar-refractivity contribution in [2.75, 3.05) is 0 Å². The van der Waals surface area contributed by atoms with E-state index in [0.717, 1.165) is 0 Å². The summed E-state index contributed by atoms with van der Waals surface area (Å²) in [5, 5.41) is 18.7. The van der Waals surface area contributed by atoms with Crippen LogP contribution in [0.1, 0.15) is 10.4 Å². The van der Waals surface area contributed by atoms with Gasteiger partial charge in [-0.05, 0) is 29.8 Å². The van der Waals surface area contributed by atoms with Crippen molar-refractivity contribution in [3.8, 4) is 16.9 Å². The van der Waals surface area contributed by atoms with Crippen LogP contribution in [0.15, 0.2) is 42.5 Å². The Morgan fingerprint density at radius 3 is 2.41 bits per heavy atom. The van der Waals surface area contributed by atoms with E-state index in [2.05, 4.69) is 0 Å². The number of carbonyl (C=O) groups is 1. The van der Waals surface area contributed by atoms with Crippen LogP contribution in [0.5, 0.6) is 5.75 Å². The predicted octanol–water partition coefficient (Wildman–Crippen LogP) is 3.41. The summed E-state index contributed by atoms with van der Waals surface area (Å²) in [6.07, 6.45) is 0. The highest BCUT2D eigenvalue weighted by atomic mass is 35.5. The Morgan fingerprint density at radius 1 is 1.06 bits per heavy atom. The third-order valence-electron chi connectivity index (χ3n) is 2.40. The van der Waals surface area contributed by atoms with E-state index in [-0.39, 0.29) is 11.3 Å². The van der Waals surface area contributed by atoms with Crippen LogP contribution in [0.2, 0.25) is 5.02 Å². The first kappa shape index (κ1) is 11.5. The minimum absolute atomic E-state index is 0.0477. The number of hydrogen-bond acceptors (Lipinski definition) is 2. The summed E-state index contributed by atoms with van der Waals surface area (Å²) < 4.78 is 0. The van der Waals surface area contributed by atoms with Crippen molar-refractivity contribution in [2.24, 2.45) is 0 Å².